The second-order valence-corrected chi connectivity index (χ2v) is 5.43. The Bertz CT molecular complexity index is 656. The molecule has 0 amide bonds. The lowest BCUT2D eigenvalue weighted by molar-refractivity contribution is 0.556. The molecule has 2 unspecified atom stereocenters. The Balaban J connectivity index is 2.43. The monoisotopic (exact) mass is 279 g/mol. The van der Waals surface area contributed by atoms with Gasteiger partial charge in [0, 0.05) is 18.8 Å². The van der Waals surface area contributed by atoms with Crippen LogP contribution in [0.25, 0.3) is 0 Å². The van der Waals surface area contributed by atoms with E-state index in [1.54, 1.807) is 0 Å². The Hall–Kier alpha value is -2.31. The smallest absolute Gasteiger partial charge is 0.0992 e. The van der Waals surface area contributed by atoms with Crippen molar-refractivity contribution in [2.75, 3.05) is 11.9 Å². The Morgan fingerprint density at radius 2 is 1.86 bits per heavy atom. The van der Waals surface area contributed by atoms with Crippen molar-refractivity contribution in [3.63, 3.8) is 0 Å². The Morgan fingerprint density at radius 3 is 2.48 bits per heavy atom. The average Bonchev–Trinajstić information content (AvgIpc) is 2.49. The van der Waals surface area contributed by atoms with Crippen LogP contribution in [0.2, 0.25) is 0 Å². The molecule has 0 aliphatic carbocycles. The van der Waals surface area contributed by atoms with Crippen LogP contribution in [0.1, 0.15) is 29.7 Å². The number of nitrogens with zero attached hydrogens (tertiary/aromatic N) is 2. The molecule has 2 atom stereocenters. The van der Waals surface area contributed by atoms with Crippen LogP contribution in [0.5, 0.6) is 0 Å². The zero-order chi connectivity index (χ0) is 15.4. The van der Waals surface area contributed by atoms with Gasteiger partial charge < -0.3 is 10.6 Å². The minimum Gasteiger partial charge on any atom is -0.366 e. The highest BCUT2D eigenvalue weighted by molar-refractivity contribution is 5.53. The van der Waals surface area contributed by atoms with Gasteiger partial charge in [0.15, 0.2) is 0 Å². The molecule has 0 radical (unpaired) electrons. The summed E-state index contributed by atoms with van der Waals surface area (Å²) in [6.07, 6.45) is 0. The fourth-order valence-corrected chi connectivity index (χ4v) is 2.72. The third-order valence-electron chi connectivity index (χ3n) is 3.80. The fourth-order valence-electron chi connectivity index (χ4n) is 2.72. The lowest BCUT2D eigenvalue weighted by Gasteiger charge is -2.34. The summed E-state index contributed by atoms with van der Waals surface area (Å²) in [5.41, 5.74) is 10.3. The van der Waals surface area contributed by atoms with Crippen molar-refractivity contribution in [3.8, 4) is 6.07 Å². The predicted octanol–water partition coefficient (Wildman–Crippen LogP) is 3.39. The van der Waals surface area contributed by atoms with E-state index in [1.165, 1.54) is 11.1 Å². The maximum atomic E-state index is 9.06. The molecule has 0 saturated carbocycles. The highest BCUT2D eigenvalue weighted by atomic mass is 15.2. The topological polar surface area (TPSA) is 53.0 Å². The Morgan fingerprint density at radius 1 is 1.14 bits per heavy atom. The number of hydrogen-bond acceptors (Lipinski definition) is 3. The molecule has 2 N–H and O–H groups in total. The summed E-state index contributed by atoms with van der Waals surface area (Å²) in [6.45, 7) is 4.12. The van der Waals surface area contributed by atoms with E-state index >= 15 is 0 Å². The van der Waals surface area contributed by atoms with Crippen LogP contribution in [0.15, 0.2) is 48.5 Å². The van der Waals surface area contributed by atoms with E-state index in [-0.39, 0.29) is 12.1 Å². The maximum absolute atomic E-state index is 9.06. The number of likely N-dealkylation sites (N-methyl/N-ethyl adjacent to an activating group) is 1. The van der Waals surface area contributed by atoms with Gasteiger partial charge in [0.1, 0.15) is 0 Å². The molecule has 0 heterocycles. The van der Waals surface area contributed by atoms with Gasteiger partial charge >= 0.3 is 0 Å². The van der Waals surface area contributed by atoms with Crippen molar-refractivity contribution in [2.24, 2.45) is 5.73 Å². The molecular weight excluding hydrogens is 258 g/mol. The number of hydrogen-bond donors (Lipinski definition) is 1. The number of aryl methyl sites for hydroxylation is 1. The zero-order valence-corrected chi connectivity index (χ0v) is 12.7. The molecule has 3 heteroatoms. The zero-order valence-electron chi connectivity index (χ0n) is 12.7. The van der Waals surface area contributed by atoms with E-state index in [4.69, 9.17) is 11.0 Å². The molecule has 0 aliphatic rings. The molecule has 0 bridgehead atoms. The fraction of sp³-hybridized carbons (Fsp3) is 0.278. The summed E-state index contributed by atoms with van der Waals surface area (Å²) in [5, 5.41) is 9.06. The first-order valence-electron chi connectivity index (χ1n) is 7.08. The maximum Gasteiger partial charge on any atom is 0.0992 e. The van der Waals surface area contributed by atoms with Crippen LogP contribution in [0, 0.1) is 18.3 Å². The summed E-state index contributed by atoms with van der Waals surface area (Å²) in [5.74, 6) is 0. The van der Waals surface area contributed by atoms with E-state index in [0.717, 1.165) is 5.69 Å². The van der Waals surface area contributed by atoms with E-state index in [9.17, 15) is 0 Å². The van der Waals surface area contributed by atoms with Crippen LogP contribution in [0.3, 0.4) is 0 Å². The van der Waals surface area contributed by atoms with Crippen LogP contribution in [-0.4, -0.2) is 13.1 Å². The minimum absolute atomic E-state index is 0.0261. The van der Waals surface area contributed by atoms with Crippen LogP contribution in [-0.2, 0) is 0 Å². The molecule has 0 aromatic heterocycles. The molecular formula is C18H21N3. The molecule has 2 rings (SSSR count). The SMILES string of the molecule is Cc1ccccc1C(C(C)N)N(C)c1cccc(C#N)c1. The predicted molar refractivity (Wildman–Crippen MR) is 87.1 cm³/mol. The second kappa shape index (κ2) is 6.43. The van der Waals surface area contributed by atoms with Crippen molar-refractivity contribution in [1.29, 1.82) is 5.26 Å². The quantitative estimate of drug-likeness (QED) is 0.933. The normalized spacial score (nSPS) is 13.3. The number of anilines is 1. The molecule has 0 spiro atoms. The van der Waals surface area contributed by atoms with Crippen LogP contribution < -0.4 is 10.6 Å². The highest BCUT2D eigenvalue weighted by Gasteiger charge is 2.23. The largest absolute Gasteiger partial charge is 0.366 e. The number of nitrogens with two attached hydrogens (primary N) is 1. The van der Waals surface area contributed by atoms with Crippen LogP contribution in [0.4, 0.5) is 5.69 Å². The molecule has 2 aromatic rings. The first kappa shape index (κ1) is 15.1. The summed E-state index contributed by atoms with van der Waals surface area (Å²) >= 11 is 0. The molecule has 0 fully saturated rings. The number of benzene rings is 2. The van der Waals surface area contributed by atoms with Gasteiger partial charge in [-0.1, -0.05) is 30.3 Å². The van der Waals surface area contributed by atoms with E-state index in [1.807, 2.05) is 50.4 Å². The van der Waals surface area contributed by atoms with Gasteiger partial charge in [-0.3, -0.25) is 0 Å². The summed E-state index contributed by atoms with van der Waals surface area (Å²) < 4.78 is 0. The highest BCUT2D eigenvalue weighted by Crippen LogP contribution is 2.30. The minimum atomic E-state index is -0.0261. The number of nitriles is 1. The van der Waals surface area contributed by atoms with Gasteiger partial charge in [0.05, 0.1) is 17.7 Å². The van der Waals surface area contributed by atoms with Gasteiger partial charge in [-0.2, -0.15) is 5.26 Å². The standard InChI is InChI=1S/C18H21N3/c1-13-7-4-5-10-17(13)18(14(2)20)21(3)16-9-6-8-15(11-16)12-19/h4-11,14,18H,20H2,1-3H3. The van der Waals surface area contributed by atoms with Gasteiger partial charge in [0.2, 0.25) is 0 Å². The van der Waals surface area contributed by atoms with Crippen molar-refractivity contribution in [3.05, 3.63) is 65.2 Å². The summed E-state index contributed by atoms with van der Waals surface area (Å²) in [7, 11) is 2.02. The second-order valence-electron chi connectivity index (χ2n) is 5.43. The van der Waals surface area contributed by atoms with Gasteiger partial charge in [-0.05, 0) is 43.2 Å². The van der Waals surface area contributed by atoms with Crippen molar-refractivity contribution < 1.29 is 0 Å². The first-order valence-corrected chi connectivity index (χ1v) is 7.08. The summed E-state index contributed by atoms with van der Waals surface area (Å²) in [4.78, 5) is 2.15. The van der Waals surface area contributed by atoms with E-state index in [0.29, 0.717) is 5.56 Å². The molecule has 21 heavy (non-hydrogen) atoms. The Labute approximate surface area is 126 Å². The Kier molecular flexibility index (Phi) is 4.62. The average molecular weight is 279 g/mol. The van der Waals surface area contributed by atoms with E-state index in [2.05, 4.69) is 30.0 Å². The molecule has 3 nitrogen and oxygen atoms in total. The van der Waals surface area contributed by atoms with Crippen LogP contribution >= 0.6 is 0 Å². The van der Waals surface area contributed by atoms with Gasteiger partial charge in [-0.25, -0.2) is 0 Å². The first-order chi connectivity index (χ1) is 10.0. The third kappa shape index (κ3) is 3.24. The lowest BCUT2D eigenvalue weighted by atomic mass is 9.95. The lowest BCUT2D eigenvalue weighted by Crippen LogP contribution is -2.37. The summed E-state index contributed by atoms with van der Waals surface area (Å²) in [6, 6.07) is 18.1. The van der Waals surface area contributed by atoms with E-state index < -0.39 is 0 Å². The van der Waals surface area contributed by atoms with Crippen molar-refractivity contribution in [2.45, 2.75) is 25.9 Å². The third-order valence-corrected chi connectivity index (χ3v) is 3.80. The molecule has 0 aliphatic heterocycles. The molecule has 108 valence electrons. The van der Waals surface area contributed by atoms with Gasteiger partial charge in [0.25, 0.3) is 0 Å². The van der Waals surface area contributed by atoms with Crippen molar-refractivity contribution in [1.82, 2.24) is 0 Å². The van der Waals surface area contributed by atoms with Gasteiger partial charge in [-0.15, -0.1) is 0 Å². The molecule has 2 aromatic carbocycles. The van der Waals surface area contributed by atoms with Crippen molar-refractivity contribution >= 4 is 5.69 Å². The number of rotatable bonds is 4. The molecule has 0 saturated heterocycles.